The molecule has 0 aromatic heterocycles. The minimum Gasteiger partial charge on any atom is -0.350 e. The van der Waals surface area contributed by atoms with Crippen molar-refractivity contribution < 1.29 is 27.2 Å². The number of amides is 2. The number of hydrogen-bond acceptors (Lipinski definition) is 2. The van der Waals surface area contributed by atoms with Gasteiger partial charge in [-0.2, -0.15) is 13.2 Å². The zero-order valence-electron chi connectivity index (χ0n) is 11.7. The molecular formula is C14H14F4N2O2. The van der Waals surface area contributed by atoms with E-state index in [1.54, 1.807) is 0 Å². The van der Waals surface area contributed by atoms with E-state index in [0.717, 1.165) is 18.2 Å². The zero-order valence-corrected chi connectivity index (χ0v) is 11.7. The van der Waals surface area contributed by atoms with E-state index in [0.29, 0.717) is 6.42 Å². The van der Waals surface area contributed by atoms with Crippen LogP contribution in [0.25, 0.3) is 0 Å². The highest BCUT2D eigenvalue weighted by molar-refractivity contribution is 5.90. The average molecular weight is 318 g/mol. The summed E-state index contributed by atoms with van der Waals surface area (Å²) < 4.78 is 51.9. The summed E-state index contributed by atoms with van der Waals surface area (Å²) in [4.78, 5) is 24.5. The van der Waals surface area contributed by atoms with Crippen LogP contribution in [0.1, 0.15) is 24.0 Å². The predicted molar refractivity (Wildman–Crippen MR) is 69.0 cm³/mol. The highest BCUT2D eigenvalue weighted by Crippen LogP contribution is 2.34. The van der Waals surface area contributed by atoms with Crippen LogP contribution in [0.5, 0.6) is 0 Å². The van der Waals surface area contributed by atoms with Crippen LogP contribution in [0.15, 0.2) is 18.2 Å². The summed E-state index contributed by atoms with van der Waals surface area (Å²) in [6.07, 6.45) is -4.30. The number of nitrogens with zero attached hydrogens (tertiary/aromatic N) is 1. The molecule has 8 heteroatoms. The highest BCUT2D eigenvalue weighted by atomic mass is 19.4. The lowest BCUT2D eigenvalue weighted by Gasteiger charge is -2.20. The Labute approximate surface area is 124 Å². The van der Waals surface area contributed by atoms with Crippen LogP contribution >= 0.6 is 0 Å². The van der Waals surface area contributed by atoms with E-state index in [1.165, 1.54) is 11.9 Å². The van der Waals surface area contributed by atoms with Gasteiger partial charge in [0.2, 0.25) is 11.8 Å². The smallest absolute Gasteiger partial charge is 0.350 e. The normalized spacial score (nSPS) is 18.7. The van der Waals surface area contributed by atoms with Crippen molar-refractivity contribution >= 4 is 11.8 Å². The zero-order chi connectivity index (χ0) is 16.5. The number of likely N-dealkylation sites (N-methyl/N-ethyl adjacent to an activating group) is 1. The Kier molecular flexibility index (Phi) is 4.39. The van der Waals surface area contributed by atoms with E-state index >= 15 is 0 Å². The molecule has 1 heterocycles. The number of carbonyl (C=O) groups is 2. The molecular weight excluding hydrogens is 304 g/mol. The number of hydrogen-bond donors (Lipinski definition) is 1. The molecule has 0 saturated carbocycles. The summed E-state index contributed by atoms with van der Waals surface area (Å²) in [7, 11) is 1.46. The van der Waals surface area contributed by atoms with E-state index in [-0.39, 0.29) is 17.9 Å². The molecule has 1 aliphatic rings. The number of likely N-dealkylation sites (tertiary alicyclic amines) is 1. The van der Waals surface area contributed by atoms with Crippen molar-refractivity contribution in [2.24, 2.45) is 0 Å². The maximum Gasteiger partial charge on any atom is 0.419 e. The molecule has 1 aromatic rings. The van der Waals surface area contributed by atoms with Crippen LogP contribution in [-0.4, -0.2) is 29.8 Å². The summed E-state index contributed by atoms with van der Waals surface area (Å²) in [5, 5.41) is 2.33. The van der Waals surface area contributed by atoms with Gasteiger partial charge >= 0.3 is 6.18 Å². The van der Waals surface area contributed by atoms with Crippen molar-refractivity contribution in [1.82, 2.24) is 10.2 Å². The van der Waals surface area contributed by atoms with Crippen molar-refractivity contribution in [1.29, 1.82) is 0 Å². The highest BCUT2D eigenvalue weighted by Gasteiger charge is 2.37. The molecule has 1 fully saturated rings. The molecule has 2 rings (SSSR count). The number of halogens is 4. The second kappa shape index (κ2) is 5.94. The van der Waals surface area contributed by atoms with E-state index in [9.17, 15) is 27.2 Å². The van der Waals surface area contributed by atoms with E-state index in [1.807, 2.05) is 0 Å². The number of rotatable bonds is 3. The topological polar surface area (TPSA) is 49.4 Å². The number of nitrogens with one attached hydrogen (secondary N) is 1. The minimum atomic E-state index is -4.84. The van der Waals surface area contributed by atoms with Crippen molar-refractivity contribution in [3.8, 4) is 0 Å². The van der Waals surface area contributed by atoms with E-state index < -0.39 is 36.1 Å². The Hall–Kier alpha value is -2.12. The summed E-state index contributed by atoms with van der Waals surface area (Å²) in [6.45, 7) is -0.454. The predicted octanol–water partition coefficient (Wildman–Crippen LogP) is 2.08. The van der Waals surface area contributed by atoms with Gasteiger partial charge in [-0.1, -0.05) is 12.1 Å². The first-order valence-corrected chi connectivity index (χ1v) is 6.59. The minimum absolute atomic E-state index is 0.193. The fraction of sp³-hybridized carbons (Fsp3) is 0.429. The number of alkyl halides is 3. The largest absolute Gasteiger partial charge is 0.419 e. The Bertz CT molecular complexity index is 601. The van der Waals surface area contributed by atoms with Crippen LogP contribution in [0.2, 0.25) is 0 Å². The molecule has 1 aliphatic heterocycles. The van der Waals surface area contributed by atoms with Crippen LogP contribution in [0.3, 0.4) is 0 Å². The summed E-state index contributed by atoms with van der Waals surface area (Å²) >= 11 is 0. The molecule has 1 atom stereocenters. The van der Waals surface area contributed by atoms with Gasteiger partial charge < -0.3 is 10.2 Å². The summed E-state index contributed by atoms with van der Waals surface area (Å²) in [5.74, 6) is -2.12. The fourth-order valence-electron chi connectivity index (χ4n) is 2.44. The Morgan fingerprint density at radius 3 is 2.64 bits per heavy atom. The van der Waals surface area contributed by atoms with Gasteiger partial charge in [0.05, 0.1) is 5.56 Å². The second-order valence-electron chi connectivity index (χ2n) is 5.05. The van der Waals surface area contributed by atoms with E-state index in [2.05, 4.69) is 5.32 Å². The average Bonchev–Trinajstić information content (AvgIpc) is 2.75. The molecule has 1 saturated heterocycles. The molecule has 0 radical (unpaired) electrons. The van der Waals surface area contributed by atoms with Crippen LogP contribution in [0, 0.1) is 5.82 Å². The molecule has 1 N–H and O–H groups in total. The Balaban J connectivity index is 2.11. The summed E-state index contributed by atoms with van der Waals surface area (Å²) in [5.41, 5.74) is -1.74. The number of benzene rings is 1. The fourth-order valence-corrected chi connectivity index (χ4v) is 2.44. The monoisotopic (exact) mass is 318 g/mol. The first-order valence-electron chi connectivity index (χ1n) is 6.59. The lowest BCUT2D eigenvalue weighted by molar-refractivity contribution is -0.141. The van der Waals surface area contributed by atoms with Gasteiger partial charge in [0.1, 0.15) is 11.9 Å². The quantitative estimate of drug-likeness (QED) is 0.868. The maximum atomic E-state index is 13.4. The molecule has 0 spiro atoms. The van der Waals surface area contributed by atoms with Gasteiger partial charge in [-0.3, -0.25) is 9.59 Å². The first-order chi connectivity index (χ1) is 10.2. The van der Waals surface area contributed by atoms with Crippen molar-refractivity contribution in [2.45, 2.75) is 31.6 Å². The van der Waals surface area contributed by atoms with Gasteiger partial charge in [0.25, 0.3) is 0 Å². The molecule has 1 unspecified atom stereocenters. The molecule has 4 nitrogen and oxygen atoms in total. The van der Waals surface area contributed by atoms with Gasteiger partial charge in [0, 0.05) is 20.0 Å². The lowest BCUT2D eigenvalue weighted by Crippen LogP contribution is -2.42. The van der Waals surface area contributed by atoms with Gasteiger partial charge in [0.15, 0.2) is 0 Å². The van der Waals surface area contributed by atoms with Crippen LogP contribution in [-0.2, 0) is 22.3 Å². The molecule has 0 aliphatic carbocycles. The number of carbonyl (C=O) groups excluding carboxylic acids is 2. The molecule has 1 aromatic carbocycles. The third-order valence-corrected chi connectivity index (χ3v) is 3.63. The van der Waals surface area contributed by atoms with E-state index in [4.69, 9.17) is 0 Å². The van der Waals surface area contributed by atoms with Gasteiger partial charge in [-0.25, -0.2) is 4.39 Å². The molecule has 22 heavy (non-hydrogen) atoms. The Morgan fingerprint density at radius 2 is 2.09 bits per heavy atom. The second-order valence-corrected chi connectivity index (χ2v) is 5.05. The summed E-state index contributed by atoms with van der Waals surface area (Å²) in [6, 6.07) is 2.28. The third-order valence-electron chi connectivity index (χ3n) is 3.63. The van der Waals surface area contributed by atoms with Crippen molar-refractivity contribution in [3.05, 3.63) is 35.1 Å². The molecule has 2 amide bonds. The van der Waals surface area contributed by atoms with Crippen molar-refractivity contribution in [3.63, 3.8) is 0 Å². The third kappa shape index (κ3) is 3.20. The van der Waals surface area contributed by atoms with Crippen LogP contribution in [0.4, 0.5) is 17.6 Å². The molecule has 0 bridgehead atoms. The SMILES string of the molecule is CN1C(=O)CCC1C(=O)NCc1cccc(F)c1C(F)(F)F. The standard InChI is InChI=1S/C14H14F4N2O2/c1-20-10(5-6-11(20)21)13(22)19-7-8-3-2-4-9(15)12(8)14(16,17)18/h2-4,10H,5-7H2,1H3,(H,19,22). The lowest BCUT2D eigenvalue weighted by atomic mass is 10.1. The first kappa shape index (κ1) is 16.3. The van der Waals surface area contributed by atoms with Crippen molar-refractivity contribution in [2.75, 3.05) is 7.05 Å². The van der Waals surface area contributed by atoms with Gasteiger partial charge in [-0.05, 0) is 18.1 Å². The molecule has 120 valence electrons. The van der Waals surface area contributed by atoms with Gasteiger partial charge in [-0.15, -0.1) is 0 Å². The maximum absolute atomic E-state index is 13.4. The Morgan fingerprint density at radius 1 is 1.41 bits per heavy atom. The van der Waals surface area contributed by atoms with Crippen LogP contribution < -0.4 is 5.32 Å².